The van der Waals surface area contributed by atoms with Crippen LogP contribution in [0.3, 0.4) is 0 Å². The number of hydrogen-bond acceptors (Lipinski definition) is 5. The molecular formula is C11H15N3O4. The van der Waals surface area contributed by atoms with Crippen molar-refractivity contribution in [3.63, 3.8) is 0 Å². The SMILES string of the molecule is CCNC(=O)COc1cc(CN)ccc1[N+](=O)[O-]. The Labute approximate surface area is 104 Å². The molecule has 0 aliphatic carbocycles. The summed E-state index contributed by atoms with van der Waals surface area (Å²) in [5.74, 6) is -0.279. The topological polar surface area (TPSA) is 107 Å². The lowest BCUT2D eigenvalue weighted by Gasteiger charge is -2.08. The summed E-state index contributed by atoms with van der Waals surface area (Å²) in [5, 5.41) is 13.3. The normalized spacial score (nSPS) is 9.89. The average molecular weight is 253 g/mol. The van der Waals surface area contributed by atoms with Gasteiger partial charge in [-0.15, -0.1) is 0 Å². The quantitative estimate of drug-likeness (QED) is 0.569. The molecule has 0 saturated carbocycles. The number of ether oxygens (including phenoxy) is 1. The van der Waals surface area contributed by atoms with Gasteiger partial charge in [-0.2, -0.15) is 0 Å². The van der Waals surface area contributed by atoms with Crippen molar-refractivity contribution >= 4 is 11.6 Å². The van der Waals surface area contributed by atoms with Gasteiger partial charge in [-0.25, -0.2) is 0 Å². The van der Waals surface area contributed by atoms with Gasteiger partial charge in [0.2, 0.25) is 0 Å². The number of nitro groups is 1. The van der Waals surface area contributed by atoms with E-state index in [-0.39, 0.29) is 30.5 Å². The fourth-order valence-corrected chi connectivity index (χ4v) is 1.34. The Kier molecular flexibility index (Phi) is 5.06. The average Bonchev–Trinajstić information content (AvgIpc) is 2.36. The first-order valence-electron chi connectivity index (χ1n) is 5.45. The monoisotopic (exact) mass is 253 g/mol. The zero-order valence-electron chi connectivity index (χ0n) is 10.0. The first kappa shape index (κ1) is 13.9. The Morgan fingerprint density at radius 3 is 2.83 bits per heavy atom. The van der Waals surface area contributed by atoms with Gasteiger partial charge >= 0.3 is 5.69 Å². The molecule has 18 heavy (non-hydrogen) atoms. The largest absolute Gasteiger partial charge is 0.477 e. The van der Waals surface area contributed by atoms with Gasteiger partial charge in [0.25, 0.3) is 5.91 Å². The van der Waals surface area contributed by atoms with E-state index in [2.05, 4.69) is 5.32 Å². The Hall–Kier alpha value is -2.15. The van der Waals surface area contributed by atoms with E-state index in [0.717, 1.165) is 0 Å². The van der Waals surface area contributed by atoms with Gasteiger partial charge in [0.1, 0.15) is 0 Å². The molecule has 0 heterocycles. The molecule has 0 unspecified atom stereocenters. The van der Waals surface area contributed by atoms with Crippen molar-refractivity contribution in [2.24, 2.45) is 5.73 Å². The third kappa shape index (κ3) is 3.70. The number of nitrogens with zero attached hydrogens (tertiary/aromatic N) is 1. The summed E-state index contributed by atoms with van der Waals surface area (Å²) in [6, 6.07) is 4.34. The summed E-state index contributed by atoms with van der Waals surface area (Å²) in [6.45, 7) is 2.24. The molecule has 7 nitrogen and oxygen atoms in total. The van der Waals surface area contributed by atoms with Crippen LogP contribution >= 0.6 is 0 Å². The predicted octanol–water partition coefficient (Wildman–Crippen LogP) is 0.568. The molecule has 98 valence electrons. The van der Waals surface area contributed by atoms with E-state index in [0.29, 0.717) is 12.1 Å². The van der Waals surface area contributed by atoms with Gasteiger partial charge in [0.15, 0.2) is 12.4 Å². The molecular weight excluding hydrogens is 238 g/mol. The maximum absolute atomic E-state index is 11.2. The number of amides is 1. The summed E-state index contributed by atoms with van der Waals surface area (Å²) in [5.41, 5.74) is 5.96. The Morgan fingerprint density at radius 2 is 2.28 bits per heavy atom. The van der Waals surface area contributed by atoms with Crippen LogP contribution in [0.5, 0.6) is 5.75 Å². The summed E-state index contributed by atoms with van der Waals surface area (Å²) in [7, 11) is 0. The van der Waals surface area contributed by atoms with Gasteiger partial charge < -0.3 is 15.8 Å². The van der Waals surface area contributed by atoms with Crippen LogP contribution in [-0.4, -0.2) is 24.0 Å². The Balaban J connectivity index is 2.84. The molecule has 0 fully saturated rings. The van der Waals surface area contributed by atoms with Crippen molar-refractivity contribution in [1.82, 2.24) is 5.32 Å². The van der Waals surface area contributed by atoms with Gasteiger partial charge in [-0.1, -0.05) is 6.07 Å². The van der Waals surface area contributed by atoms with Gasteiger partial charge in [0.05, 0.1) is 4.92 Å². The van der Waals surface area contributed by atoms with Crippen LogP contribution in [-0.2, 0) is 11.3 Å². The predicted molar refractivity (Wildman–Crippen MR) is 65.2 cm³/mol. The van der Waals surface area contributed by atoms with E-state index in [1.165, 1.54) is 12.1 Å². The van der Waals surface area contributed by atoms with Crippen LogP contribution in [0, 0.1) is 10.1 Å². The van der Waals surface area contributed by atoms with Crippen molar-refractivity contribution in [2.75, 3.05) is 13.2 Å². The van der Waals surface area contributed by atoms with Crippen LogP contribution in [0.15, 0.2) is 18.2 Å². The highest BCUT2D eigenvalue weighted by Gasteiger charge is 2.16. The lowest BCUT2D eigenvalue weighted by atomic mass is 10.2. The number of nitrogens with two attached hydrogens (primary N) is 1. The number of nitro benzene ring substituents is 1. The molecule has 0 atom stereocenters. The van der Waals surface area contributed by atoms with Crippen LogP contribution in [0.2, 0.25) is 0 Å². The Morgan fingerprint density at radius 1 is 1.56 bits per heavy atom. The number of carbonyl (C=O) groups excluding carboxylic acids is 1. The minimum atomic E-state index is -0.562. The molecule has 1 amide bonds. The highest BCUT2D eigenvalue weighted by Crippen LogP contribution is 2.27. The van der Waals surface area contributed by atoms with Crippen LogP contribution in [0.4, 0.5) is 5.69 Å². The molecule has 1 aromatic rings. The zero-order chi connectivity index (χ0) is 13.5. The fourth-order valence-electron chi connectivity index (χ4n) is 1.34. The van der Waals surface area contributed by atoms with Gasteiger partial charge in [-0.05, 0) is 18.6 Å². The van der Waals surface area contributed by atoms with Crippen LogP contribution in [0.1, 0.15) is 12.5 Å². The number of nitrogens with one attached hydrogen (secondary N) is 1. The van der Waals surface area contributed by atoms with Gasteiger partial charge in [-0.3, -0.25) is 14.9 Å². The van der Waals surface area contributed by atoms with Crippen molar-refractivity contribution in [2.45, 2.75) is 13.5 Å². The van der Waals surface area contributed by atoms with Crippen molar-refractivity contribution in [3.8, 4) is 5.75 Å². The fraction of sp³-hybridized carbons (Fsp3) is 0.364. The number of hydrogen-bond donors (Lipinski definition) is 2. The number of likely N-dealkylation sites (N-methyl/N-ethyl adjacent to an activating group) is 1. The maximum atomic E-state index is 11.2. The molecule has 3 N–H and O–H groups in total. The zero-order valence-corrected chi connectivity index (χ0v) is 10.0. The first-order valence-corrected chi connectivity index (χ1v) is 5.45. The molecule has 1 aromatic carbocycles. The summed E-state index contributed by atoms with van der Waals surface area (Å²) < 4.78 is 5.15. The van der Waals surface area contributed by atoms with E-state index in [4.69, 9.17) is 10.5 Å². The smallest absolute Gasteiger partial charge is 0.310 e. The van der Waals surface area contributed by atoms with E-state index in [1.54, 1.807) is 13.0 Å². The number of rotatable bonds is 6. The van der Waals surface area contributed by atoms with E-state index >= 15 is 0 Å². The summed E-state index contributed by atoms with van der Waals surface area (Å²) in [4.78, 5) is 21.4. The highest BCUT2D eigenvalue weighted by molar-refractivity contribution is 5.77. The molecule has 0 saturated heterocycles. The molecule has 0 aliphatic rings. The second-order valence-corrected chi connectivity index (χ2v) is 3.51. The van der Waals surface area contributed by atoms with Crippen molar-refractivity contribution in [1.29, 1.82) is 0 Å². The molecule has 0 radical (unpaired) electrons. The lowest BCUT2D eigenvalue weighted by molar-refractivity contribution is -0.385. The van der Waals surface area contributed by atoms with E-state index in [9.17, 15) is 14.9 Å². The molecule has 0 aliphatic heterocycles. The standard InChI is InChI=1S/C11H15N3O4/c1-2-13-11(15)7-18-10-5-8(6-12)3-4-9(10)14(16)17/h3-5H,2,6-7,12H2,1H3,(H,13,15). The molecule has 0 aromatic heterocycles. The third-order valence-electron chi connectivity index (χ3n) is 2.19. The number of benzene rings is 1. The maximum Gasteiger partial charge on any atom is 0.310 e. The minimum Gasteiger partial charge on any atom is -0.477 e. The second kappa shape index (κ2) is 6.55. The highest BCUT2D eigenvalue weighted by atomic mass is 16.6. The van der Waals surface area contributed by atoms with Gasteiger partial charge in [0, 0.05) is 19.2 Å². The summed E-state index contributed by atoms with van der Waals surface area (Å²) >= 11 is 0. The molecule has 0 spiro atoms. The summed E-state index contributed by atoms with van der Waals surface area (Å²) in [6.07, 6.45) is 0. The van der Waals surface area contributed by atoms with Crippen LogP contribution < -0.4 is 15.8 Å². The molecule has 7 heteroatoms. The third-order valence-corrected chi connectivity index (χ3v) is 2.19. The molecule has 0 bridgehead atoms. The second-order valence-electron chi connectivity index (χ2n) is 3.51. The lowest BCUT2D eigenvalue weighted by Crippen LogP contribution is -2.28. The van der Waals surface area contributed by atoms with E-state index < -0.39 is 4.92 Å². The van der Waals surface area contributed by atoms with Crippen molar-refractivity contribution < 1.29 is 14.5 Å². The van der Waals surface area contributed by atoms with Crippen LogP contribution in [0.25, 0.3) is 0 Å². The van der Waals surface area contributed by atoms with Crippen molar-refractivity contribution in [3.05, 3.63) is 33.9 Å². The first-order chi connectivity index (χ1) is 8.58. The molecule has 1 rings (SSSR count). The Bertz CT molecular complexity index is 448. The minimum absolute atomic E-state index is 0.0502. The number of carbonyl (C=O) groups is 1. The van der Waals surface area contributed by atoms with E-state index in [1.807, 2.05) is 0 Å².